The van der Waals surface area contributed by atoms with Crippen LogP contribution in [-0.4, -0.2) is 9.97 Å². The number of nitrogens with zero attached hydrogens (tertiary/aromatic N) is 2. The summed E-state index contributed by atoms with van der Waals surface area (Å²) in [6.45, 7) is 0. The van der Waals surface area contributed by atoms with Crippen LogP contribution in [-0.2, 0) is 0 Å². The Kier molecular flexibility index (Phi) is 3.17. The van der Waals surface area contributed by atoms with Crippen LogP contribution in [0.15, 0.2) is 53.3 Å². The molecule has 2 aromatic heterocycles. The van der Waals surface area contributed by atoms with Crippen LogP contribution in [0.2, 0.25) is 5.15 Å². The first-order valence-electron chi connectivity index (χ1n) is 6.30. The van der Waals surface area contributed by atoms with E-state index >= 15 is 0 Å². The number of aromatic nitrogens is 2. The molecule has 0 spiro atoms. The third kappa shape index (κ3) is 2.33. The zero-order valence-electron chi connectivity index (χ0n) is 10.7. The molecule has 0 fully saturated rings. The summed E-state index contributed by atoms with van der Waals surface area (Å²) < 4.78 is 2.02. The molecule has 2 heterocycles. The van der Waals surface area contributed by atoms with Gasteiger partial charge in [-0.3, -0.25) is 0 Å². The molecule has 2 aromatic carbocycles. The van der Waals surface area contributed by atoms with Gasteiger partial charge in [-0.25, -0.2) is 9.97 Å². The van der Waals surface area contributed by atoms with Crippen molar-refractivity contribution in [3.8, 4) is 10.4 Å². The minimum atomic E-state index is 0.515. The van der Waals surface area contributed by atoms with E-state index < -0.39 is 0 Å². The highest BCUT2D eigenvalue weighted by Crippen LogP contribution is 2.36. The molecule has 0 saturated heterocycles. The molecule has 4 rings (SSSR count). The summed E-state index contributed by atoms with van der Waals surface area (Å²) in [5.74, 6) is 0. The van der Waals surface area contributed by atoms with E-state index in [9.17, 15) is 0 Å². The normalized spacial score (nSPS) is 11.3. The summed E-state index contributed by atoms with van der Waals surface area (Å²) >= 11 is 11.2. The lowest BCUT2D eigenvalue weighted by molar-refractivity contribution is 1.23. The van der Waals surface area contributed by atoms with Gasteiger partial charge in [-0.1, -0.05) is 45.7 Å². The van der Waals surface area contributed by atoms with E-state index in [-0.39, 0.29) is 0 Å². The first kappa shape index (κ1) is 13.2. The van der Waals surface area contributed by atoms with E-state index in [1.165, 1.54) is 22.7 Å². The third-order valence-electron chi connectivity index (χ3n) is 3.35. The topological polar surface area (TPSA) is 25.8 Å². The van der Waals surface area contributed by atoms with E-state index in [1.807, 2.05) is 0 Å². The van der Waals surface area contributed by atoms with E-state index in [4.69, 9.17) is 11.6 Å². The summed E-state index contributed by atoms with van der Waals surface area (Å²) in [4.78, 5) is 9.45. The fourth-order valence-electron chi connectivity index (χ4n) is 2.34. The predicted molar refractivity (Wildman–Crippen MR) is 93.1 cm³/mol. The molecule has 4 aromatic rings. The molecule has 0 radical (unpaired) electrons. The molecule has 0 amide bonds. The van der Waals surface area contributed by atoms with Crippen LogP contribution in [0.5, 0.6) is 0 Å². The molecule has 0 N–H and O–H groups in total. The van der Waals surface area contributed by atoms with Crippen LogP contribution in [0.1, 0.15) is 0 Å². The predicted octanol–water partition coefficient (Wildman–Crippen LogP) is 5.93. The van der Waals surface area contributed by atoms with Gasteiger partial charge in [-0.2, -0.15) is 0 Å². The smallest absolute Gasteiger partial charge is 0.150 e. The highest BCUT2D eigenvalue weighted by atomic mass is 79.9. The van der Waals surface area contributed by atoms with Crippen LogP contribution >= 0.6 is 38.9 Å². The molecule has 0 saturated carbocycles. The summed E-state index contributed by atoms with van der Waals surface area (Å²) in [5, 5.41) is 2.94. The molecule has 0 atom stereocenters. The van der Waals surface area contributed by atoms with Gasteiger partial charge in [0.05, 0.1) is 10.2 Å². The zero-order chi connectivity index (χ0) is 14.4. The van der Waals surface area contributed by atoms with E-state index in [0.29, 0.717) is 5.15 Å². The van der Waals surface area contributed by atoms with Crippen LogP contribution < -0.4 is 0 Å². The van der Waals surface area contributed by atoms with Crippen LogP contribution in [0.25, 0.3) is 31.4 Å². The van der Waals surface area contributed by atoms with Crippen molar-refractivity contribution in [1.29, 1.82) is 0 Å². The van der Waals surface area contributed by atoms with Gasteiger partial charge in [0, 0.05) is 9.35 Å². The number of benzene rings is 2. The molecule has 2 nitrogen and oxygen atoms in total. The lowest BCUT2D eigenvalue weighted by atomic mass is 10.1. The van der Waals surface area contributed by atoms with Crippen molar-refractivity contribution in [2.75, 3.05) is 0 Å². The minimum absolute atomic E-state index is 0.515. The van der Waals surface area contributed by atoms with Gasteiger partial charge in [0.25, 0.3) is 0 Å². The van der Waals surface area contributed by atoms with Gasteiger partial charge in [0.1, 0.15) is 11.5 Å². The van der Waals surface area contributed by atoms with Gasteiger partial charge in [0.15, 0.2) is 0 Å². The molecule has 21 heavy (non-hydrogen) atoms. The molecular weight excluding hydrogens is 368 g/mol. The maximum Gasteiger partial charge on any atom is 0.150 e. The highest BCUT2D eigenvalue weighted by Gasteiger charge is 2.09. The van der Waals surface area contributed by atoms with Crippen molar-refractivity contribution in [3.05, 3.63) is 58.4 Å². The number of halogens is 2. The zero-order valence-corrected chi connectivity index (χ0v) is 13.8. The van der Waals surface area contributed by atoms with Crippen LogP contribution in [0.3, 0.4) is 0 Å². The second kappa shape index (κ2) is 5.05. The van der Waals surface area contributed by atoms with Crippen molar-refractivity contribution < 1.29 is 0 Å². The standard InChI is InChI=1S/C16H8BrClN2S/c17-12-4-3-9-5-11(2-1-10(9)6-12)14-7-13-15(21-14)16(18)20-8-19-13/h1-8H. The Balaban J connectivity index is 1.91. The van der Waals surface area contributed by atoms with E-state index in [2.05, 4.69) is 68.4 Å². The molecule has 5 heteroatoms. The molecule has 0 aliphatic rings. The van der Waals surface area contributed by atoms with Crippen molar-refractivity contribution in [1.82, 2.24) is 9.97 Å². The average molecular weight is 376 g/mol. The molecular formula is C16H8BrClN2S. The summed E-state index contributed by atoms with van der Waals surface area (Å²) in [6.07, 6.45) is 1.50. The van der Waals surface area contributed by atoms with Crippen molar-refractivity contribution in [3.63, 3.8) is 0 Å². The fourth-order valence-corrected chi connectivity index (χ4v) is 3.96. The number of thiophene rings is 1. The molecule has 0 bridgehead atoms. The van der Waals surface area contributed by atoms with Gasteiger partial charge < -0.3 is 0 Å². The minimum Gasteiger partial charge on any atom is -0.235 e. The Hall–Kier alpha value is -1.49. The second-order valence-electron chi connectivity index (χ2n) is 4.70. The Bertz CT molecular complexity index is 981. The van der Waals surface area contributed by atoms with Crippen LogP contribution in [0.4, 0.5) is 0 Å². The monoisotopic (exact) mass is 374 g/mol. The van der Waals surface area contributed by atoms with Gasteiger partial charge in [-0.05, 0) is 40.6 Å². The largest absolute Gasteiger partial charge is 0.235 e. The molecule has 0 unspecified atom stereocenters. The van der Waals surface area contributed by atoms with Gasteiger partial charge in [0.2, 0.25) is 0 Å². The lowest BCUT2D eigenvalue weighted by Crippen LogP contribution is -1.77. The van der Waals surface area contributed by atoms with Crippen LogP contribution in [0, 0.1) is 0 Å². The number of hydrogen-bond donors (Lipinski definition) is 0. The molecule has 0 aliphatic carbocycles. The Morgan fingerprint density at radius 1 is 0.952 bits per heavy atom. The first-order chi connectivity index (χ1) is 10.2. The maximum absolute atomic E-state index is 6.12. The number of rotatable bonds is 1. The first-order valence-corrected chi connectivity index (χ1v) is 8.29. The molecule has 102 valence electrons. The van der Waals surface area contributed by atoms with Crippen molar-refractivity contribution in [2.24, 2.45) is 0 Å². The quantitative estimate of drug-likeness (QED) is 0.385. The second-order valence-corrected chi connectivity index (χ2v) is 7.02. The SMILES string of the molecule is Clc1ncnc2cc(-c3ccc4cc(Br)ccc4c3)sc12. The van der Waals surface area contributed by atoms with Crippen molar-refractivity contribution >= 4 is 59.9 Å². The average Bonchev–Trinajstić information content (AvgIpc) is 2.92. The van der Waals surface area contributed by atoms with E-state index in [1.54, 1.807) is 11.3 Å². The highest BCUT2D eigenvalue weighted by molar-refractivity contribution is 9.10. The van der Waals surface area contributed by atoms with E-state index in [0.717, 1.165) is 19.6 Å². The Morgan fingerprint density at radius 2 is 1.76 bits per heavy atom. The van der Waals surface area contributed by atoms with Crippen molar-refractivity contribution in [2.45, 2.75) is 0 Å². The van der Waals surface area contributed by atoms with Gasteiger partial charge in [-0.15, -0.1) is 11.3 Å². The number of hydrogen-bond acceptors (Lipinski definition) is 3. The summed E-state index contributed by atoms with van der Waals surface area (Å²) in [5.41, 5.74) is 2.06. The Labute approximate surface area is 138 Å². The lowest BCUT2D eigenvalue weighted by Gasteiger charge is -2.02. The third-order valence-corrected chi connectivity index (χ3v) is 5.43. The summed E-state index contributed by atoms with van der Waals surface area (Å²) in [7, 11) is 0. The fraction of sp³-hybridized carbons (Fsp3) is 0. The Morgan fingerprint density at radius 3 is 2.62 bits per heavy atom. The maximum atomic E-state index is 6.12. The number of fused-ring (bicyclic) bond motifs is 2. The molecule has 0 aliphatic heterocycles. The summed E-state index contributed by atoms with van der Waals surface area (Å²) in [6, 6.07) is 14.8. The van der Waals surface area contributed by atoms with Gasteiger partial charge >= 0.3 is 0 Å².